The maximum Gasteiger partial charge on any atom is 0.326 e. The number of nitrogens with one attached hydrogen (secondary N) is 1. The van der Waals surface area contributed by atoms with Crippen molar-refractivity contribution in [1.29, 1.82) is 0 Å². The number of imidazole rings is 1. The lowest BCUT2D eigenvalue weighted by Gasteiger charge is -2.23. The summed E-state index contributed by atoms with van der Waals surface area (Å²) in [6, 6.07) is 18.1. The van der Waals surface area contributed by atoms with Crippen LogP contribution in [0.15, 0.2) is 67.1 Å². The number of rotatable bonds is 8. The fourth-order valence-electron chi connectivity index (χ4n) is 3.66. The molecule has 0 bridgehead atoms. The van der Waals surface area contributed by atoms with Crippen molar-refractivity contribution in [3.05, 3.63) is 72.7 Å². The summed E-state index contributed by atoms with van der Waals surface area (Å²) in [5.74, 6) is 0.850. The van der Waals surface area contributed by atoms with Crippen LogP contribution in [0.2, 0.25) is 0 Å². The van der Waals surface area contributed by atoms with Gasteiger partial charge in [-0.3, -0.25) is 4.57 Å². The van der Waals surface area contributed by atoms with Crippen molar-refractivity contribution in [3.8, 4) is 17.0 Å². The molecule has 1 amide bonds. The normalized spacial score (nSPS) is 14.3. The summed E-state index contributed by atoms with van der Waals surface area (Å²) in [4.78, 5) is 16.8. The second-order valence-corrected chi connectivity index (χ2v) is 7.79. The summed E-state index contributed by atoms with van der Waals surface area (Å²) in [7, 11) is 0. The largest absolute Gasteiger partial charge is 0.490 e. The van der Waals surface area contributed by atoms with Gasteiger partial charge < -0.3 is 14.8 Å². The lowest BCUT2D eigenvalue weighted by atomic mass is 10.1. The Morgan fingerprint density at radius 2 is 1.84 bits per heavy atom. The van der Waals surface area contributed by atoms with Gasteiger partial charge in [0.05, 0.1) is 18.9 Å². The molecule has 0 saturated carbocycles. The van der Waals surface area contributed by atoms with Crippen LogP contribution in [0.4, 0.5) is 4.79 Å². The highest BCUT2D eigenvalue weighted by Gasteiger charge is 2.15. The maximum absolute atomic E-state index is 12.4. The lowest BCUT2D eigenvalue weighted by Crippen LogP contribution is -2.28. The van der Waals surface area contributed by atoms with Crippen LogP contribution < -0.4 is 10.1 Å². The second kappa shape index (κ2) is 10.8. The first-order valence-corrected chi connectivity index (χ1v) is 11.0. The molecular formula is C25H29N3O3. The molecule has 1 N–H and O–H groups in total. The summed E-state index contributed by atoms with van der Waals surface area (Å²) in [5.41, 5.74) is 3.04. The molecule has 1 aliphatic heterocycles. The quantitative estimate of drug-likeness (QED) is 0.538. The minimum atomic E-state index is -0.155. The van der Waals surface area contributed by atoms with Gasteiger partial charge in [0.1, 0.15) is 18.2 Å². The van der Waals surface area contributed by atoms with Crippen molar-refractivity contribution in [2.24, 2.45) is 0 Å². The Morgan fingerprint density at radius 3 is 2.61 bits per heavy atom. The van der Waals surface area contributed by atoms with Crippen molar-refractivity contribution >= 4 is 6.03 Å². The van der Waals surface area contributed by atoms with Crippen LogP contribution in [0.3, 0.4) is 0 Å². The van der Waals surface area contributed by atoms with Gasteiger partial charge in [0, 0.05) is 31.1 Å². The van der Waals surface area contributed by atoms with Crippen molar-refractivity contribution < 1.29 is 14.3 Å². The summed E-state index contributed by atoms with van der Waals surface area (Å²) >= 11 is 0. The summed E-state index contributed by atoms with van der Waals surface area (Å²) in [5, 5.41) is 2.96. The summed E-state index contributed by atoms with van der Waals surface area (Å²) in [6.45, 7) is 2.17. The number of nitrogens with zero attached hydrogens (tertiary/aromatic N) is 2. The van der Waals surface area contributed by atoms with Gasteiger partial charge in [0.2, 0.25) is 0 Å². The average molecular weight is 420 g/mol. The Hall–Kier alpha value is -3.12. The molecule has 6 heteroatoms. The van der Waals surface area contributed by atoms with Gasteiger partial charge in [-0.1, -0.05) is 30.3 Å². The highest BCUT2D eigenvalue weighted by molar-refractivity contribution is 5.77. The van der Waals surface area contributed by atoms with Crippen LogP contribution in [0.5, 0.6) is 5.75 Å². The van der Waals surface area contributed by atoms with E-state index in [0.717, 1.165) is 62.3 Å². The lowest BCUT2D eigenvalue weighted by molar-refractivity contribution is 0.0256. The number of aromatic nitrogens is 2. The van der Waals surface area contributed by atoms with Gasteiger partial charge in [0.25, 0.3) is 0 Å². The molecule has 0 aliphatic carbocycles. The van der Waals surface area contributed by atoms with E-state index < -0.39 is 0 Å². The van der Waals surface area contributed by atoms with Crippen LogP contribution in [0.25, 0.3) is 11.3 Å². The van der Waals surface area contributed by atoms with E-state index in [1.165, 1.54) is 10.1 Å². The highest BCUT2D eigenvalue weighted by atomic mass is 16.5. The van der Waals surface area contributed by atoms with E-state index in [9.17, 15) is 4.79 Å². The monoisotopic (exact) mass is 419 g/mol. The molecule has 0 unspecified atom stereocenters. The first-order valence-electron chi connectivity index (χ1n) is 11.0. The SMILES string of the molecule is O=C(NCCCCc1ccccc1)n1cnc(-c2ccc(OC3CCOCC3)cc2)c1. The smallest absolute Gasteiger partial charge is 0.326 e. The van der Waals surface area contributed by atoms with E-state index >= 15 is 0 Å². The molecule has 1 saturated heterocycles. The van der Waals surface area contributed by atoms with Crippen LogP contribution in [-0.2, 0) is 11.2 Å². The first kappa shape index (κ1) is 21.1. The van der Waals surface area contributed by atoms with Gasteiger partial charge in [-0.2, -0.15) is 0 Å². The number of hydrogen-bond acceptors (Lipinski definition) is 4. The number of carbonyl (C=O) groups excluding carboxylic acids is 1. The number of benzene rings is 2. The van der Waals surface area contributed by atoms with Crippen LogP contribution in [0, 0.1) is 0 Å². The molecule has 0 spiro atoms. The molecular weight excluding hydrogens is 390 g/mol. The number of ether oxygens (including phenoxy) is 2. The predicted octanol–water partition coefficient (Wildman–Crippen LogP) is 4.69. The van der Waals surface area contributed by atoms with E-state index in [1.54, 1.807) is 12.5 Å². The van der Waals surface area contributed by atoms with E-state index in [-0.39, 0.29) is 12.1 Å². The molecule has 0 atom stereocenters. The van der Waals surface area contributed by atoms with E-state index in [4.69, 9.17) is 9.47 Å². The summed E-state index contributed by atoms with van der Waals surface area (Å²) < 4.78 is 12.9. The zero-order valence-electron chi connectivity index (χ0n) is 17.7. The highest BCUT2D eigenvalue weighted by Crippen LogP contribution is 2.23. The first-order chi connectivity index (χ1) is 15.3. The number of unbranched alkanes of at least 4 members (excludes halogenated alkanes) is 1. The molecule has 4 rings (SSSR count). The third-order valence-electron chi connectivity index (χ3n) is 5.45. The molecule has 1 aliphatic rings. The van der Waals surface area contributed by atoms with Crippen LogP contribution in [0.1, 0.15) is 31.2 Å². The Bertz CT molecular complexity index is 948. The zero-order chi connectivity index (χ0) is 21.3. The van der Waals surface area contributed by atoms with Crippen LogP contribution in [-0.4, -0.2) is 41.4 Å². The Kier molecular flexibility index (Phi) is 7.34. The van der Waals surface area contributed by atoms with Gasteiger partial charge in [0.15, 0.2) is 0 Å². The molecule has 2 heterocycles. The predicted molar refractivity (Wildman–Crippen MR) is 120 cm³/mol. The molecule has 3 aromatic rings. The molecule has 2 aromatic carbocycles. The third-order valence-corrected chi connectivity index (χ3v) is 5.45. The Morgan fingerprint density at radius 1 is 1.06 bits per heavy atom. The Balaban J connectivity index is 1.23. The maximum atomic E-state index is 12.4. The van der Waals surface area contributed by atoms with Gasteiger partial charge in [-0.05, 0) is 49.1 Å². The minimum Gasteiger partial charge on any atom is -0.490 e. The average Bonchev–Trinajstić information content (AvgIpc) is 3.31. The summed E-state index contributed by atoms with van der Waals surface area (Å²) in [6.07, 6.45) is 8.39. The minimum absolute atomic E-state index is 0.155. The van der Waals surface area contributed by atoms with Crippen molar-refractivity contribution in [2.45, 2.75) is 38.2 Å². The van der Waals surface area contributed by atoms with Crippen LogP contribution >= 0.6 is 0 Å². The van der Waals surface area contributed by atoms with Gasteiger partial charge in [-0.15, -0.1) is 0 Å². The number of aryl methyl sites for hydroxylation is 1. The fraction of sp³-hybridized carbons (Fsp3) is 0.360. The van der Waals surface area contributed by atoms with Crippen molar-refractivity contribution in [2.75, 3.05) is 19.8 Å². The van der Waals surface area contributed by atoms with E-state index in [1.807, 2.05) is 30.3 Å². The second-order valence-electron chi connectivity index (χ2n) is 7.79. The van der Waals surface area contributed by atoms with Crippen molar-refractivity contribution in [1.82, 2.24) is 14.9 Å². The third kappa shape index (κ3) is 6.18. The Labute approximate surface area is 183 Å². The topological polar surface area (TPSA) is 65.4 Å². The molecule has 162 valence electrons. The number of carbonyl (C=O) groups is 1. The van der Waals surface area contributed by atoms with Gasteiger partial charge >= 0.3 is 6.03 Å². The molecule has 31 heavy (non-hydrogen) atoms. The molecule has 6 nitrogen and oxygen atoms in total. The van der Waals surface area contributed by atoms with Gasteiger partial charge in [-0.25, -0.2) is 9.78 Å². The molecule has 0 radical (unpaired) electrons. The van der Waals surface area contributed by atoms with E-state index in [0.29, 0.717) is 6.54 Å². The fourth-order valence-corrected chi connectivity index (χ4v) is 3.66. The molecule has 1 fully saturated rings. The zero-order valence-corrected chi connectivity index (χ0v) is 17.7. The van der Waals surface area contributed by atoms with E-state index in [2.05, 4.69) is 34.6 Å². The number of amides is 1. The number of hydrogen-bond donors (Lipinski definition) is 1. The standard InChI is InChI=1S/C25H29N3O3/c29-25(26-15-5-4-8-20-6-2-1-3-7-20)28-18-24(27-19-28)21-9-11-22(12-10-21)31-23-13-16-30-17-14-23/h1-3,6-7,9-12,18-19,23H,4-5,8,13-17H2,(H,26,29). The van der Waals surface area contributed by atoms with Crippen molar-refractivity contribution in [3.63, 3.8) is 0 Å². The molecule has 1 aromatic heterocycles.